The van der Waals surface area contributed by atoms with E-state index in [4.69, 9.17) is 0 Å². The van der Waals surface area contributed by atoms with Gasteiger partial charge in [0.1, 0.15) is 0 Å². The van der Waals surface area contributed by atoms with Crippen molar-refractivity contribution in [3.05, 3.63) is 48.0 Å². The molecule has 0 saturated heterocycles. The lowest BCUT2D eigenvalue weighted by Crippen LogP contribution is -1.82. The Bertz CT molecular complexity index is 209. The van der Waals surface area contributed by atoms with Gasteiger partial charge in [0.2, 0.25) is 0 Å². The van der Waals surface area contributed by atoms with E-state index in [1.807, 2.05) is 26.8 Å². The van der Waals surface area contributed by atoms with Crippen molar-refractivity contribution in [2.45, 2.75) is 27.2 Å². The van der Waals surface area contributed by atoms with Crippen molar-refractivity contribution in [3.63, 3.8) is 0 Å². The third kappa shape index (κ3) is 4.73. The molecule has 0 aliphatic rings. The topological polar surface area (TPSA) is 0 Å². The SMILES string of the molecule is C=C(C)Cc1ccccc1.CC. The molecular weight excluding hydrogens is 144 g/mol. The Kier molecular flexibility index (Phi) is 6.08. The largest absolute Gasteiger partial charge is 0.0998 e. The summed E-state index contributed by atoms with van der Waals surface area (Å²) in [5, 5.41) is 0. The third-order valence-corrected chi connectivity index (χ3v) is 1.35. The van der Waals surface area contributed by atoms with Crippen LogP contribution in [0.5, 0.6) is 0 Å². The minimum Gasteiger partial charge on any atom is -0.0998 e. The second kappa shape index (κ2) is 6.66. The molecule has 0 aromatic heterocycles. The maximum absolute atomic E-state index is 3.85. The molecule has 0 heterocycles. The van der Waals surface area contributed by atoms with Gasteiger partial charge < -0.3 is 0 Å². The molecule has 0 radical (unpaired) electrons. The second-order valence-corrected chi connectivity index (χ2v) is 2.62. The maximum atomic E-state index is 3.85. The lowest BCUT2D eigenvalue weighted by atomic mass is 10.1. The Morgan fingerprint density at radius 2 is 1.67 bits per heavy atom. The van der Waals surface area contributed by atoms with Gasteiger partial charge >= 0.3 is 0 Å². The molecule has 0 atom stereocenters. The highest BCUT2D eigenvalue weighted by Gasteiger charge is 1.88. The summed E-state index contributed by atoms with van der Waals surface area (Å²) in [6.45, 7) is 9.90. The van der Waals surface area contributed by atoms with Crippen LogP contribution in [-0.2, 0) is 6.42 Å². The highest BCUT2D eigenvalue weighted by molar-refractivity contribution is 5.19. The quantitative estimate of drug-likeness (QED) is 0.580. The third-order valence-electron chi connectivity index (χ3n) is 1.35. The van der Waals surface area contributed by atoms with Gasteiger partial charge in [-0.15, -0.1) is 0 Å². The fraction of sp³-hybridized carbons (Fsp3) is 0.333. The number of hydrogen-bond donors (Lipinski definition) is 0. The van der Waals surface area contributed by atoms with E-state index < -0.39 is 0 Å². The minimum absolute atomic E-state index is 1.00. The van der Waals surface area contributed by atoms with Crippen LogP contribution in [0.25, 0.3) is 0 Å². The Hall–Kier alpha value is -1.04. The molecule has 1 rings (SSSR count). The Balaban J connectivity index is 0.000000561. The summed E-state index contributed by atoms with van der Waals surface area (Å²) in [6.07, 6.45) is 1.00. The Morgan fingerprint density at radius 3 is 2.08 bits per heavy atom. The molecule has 1 aromatic rings. The fourth-order valence-corrected chi connectivity index (χ4v) is 0.944. The van der Waals surface area contributed by atoms with Gasteiger partial charge in [0, 0.05) is 0 Å². The van der Waals surface area contributed by atoms with Crippen LogP contribution in [0.2, 0.25) is 0 Å². The van der Waals surface area contributed by atoms with Crippen molar-refractivity contribution in [1.29, 1.82) is 0 Å². The molecule has 0 unspecified atom stereocenters. The molecule has 12 heavy (non-hydrogen) atoms. The van der Waals surface area contributed by atoms with Crippen LogP contribution in [0, 0.1) is 0 Å². The molecule has 0 N–H and O–H groups in total. The molecule has 0 saturated carbocycles. The number of rotatable bonds is 2. The van der Waals surface area contributed by atoms with Crippen molar-refractivity contribution in [2.75, 3.05) is 0 Å². The van der Waals surface area contributed by atoms with E-state index in [9.17, 15) is 0 Å². The molecule has 0 aliphatic carbocycles. The molecule has 0 bridgehead atoms. The highest BCUT2D eigenvalue weighted by atomic mass is 13.9. The Morgan fingerprint density at radius 1 is 1.17 bits per heavy atom. The molecule has 66 valence electrons. The second-order valence-electron chi connectivity index (χ2n) is 2.62. The summed E-state index contributed by atoms with van der Waals surface area (Å²) in [5.41, 5.74) is 2.56. The summed E-state index contributed by atoms with van der Waals surface area (Å²) in [5.74, 6) is 0. The van der Waals surface area contributed by atoms with E-state index in [0.29, 0.717) is 0 Å². The summed E-state index contributed by atoms with van der Waals surface area (Å²) in [6, 6.07) is 10.4. The van der Waals surface area contributed by atoms with Gasteiger partial charge in [-0.1, -0.05) is 56.3 Å². The van der Waals surface area contributed by atoms with Crippen molar-refractivity contribution >= 4 is 0 Å². The smallest absolute Gasteiger partial charge is 0.00726 e. The number of hydrogen-bond acceptors (Lipinski definition) is 0. The first-order chi connectivity index (χ1) is 5.79. The van der Waals surface area contributed by atoms with Crippen LogP contribution >= 0.6 is 0 Å². The first-order valence-corrected chi connectivity index (χ1v) is 4.47. The van der Waals surface area contributed by atoms with Gasteiger partial charge in [0.15, 0.2) is 0 Å². The molecule has 0 spiro atoms. The predicted octanol–water partition coefficient (Wildman–Crippen LogP) is 3.83. The van der Waals surface area contributed by atoms with E-state index in [-0.39, 0.29) is 0 Å². The average molecular weight is 162 g/mol. The van der Waals surface area contributed by atoms with Gasteiger partial charge in [-0.25, -0.2) is 0 Å². The van der Waals surface area contributed by atoms with Crippen LogP contribution < -0.4 is 0 Å². The summed E-state index contributed by atoms with van der Waals surface area (Å²) in [7, 11) is 0. The Labute approximate surface area is 75.9 Å². The first-order valence-electron chi connectivity index (χ1n) is 4.47. The van der Waals surface area contributed by atoms with Crippen molar-refractivity contribution in [3.8, 4) is 0 Å². The molecular formula is C12H18. The number of benzene rings is 1. The van der Waals surface area contributed by atoms with Gasteiger partial charge in [0.25, 0.3) is 0 Å². The van der Waals surface area contributed by atoms with E-state index in [2.05, 4.69) is 30.8 Å². The standard InChI is InChI=1S/C10H12.C2H6/c1-9(2)8-10-6-4-3-5-7-10;1-2/h3-7H,1,8H2,2H3;1-2H3. The average Bonchev–Trinajstić information content (AvgIpc) is 2.08. The van der Waals surface area contributed by atoms with Crippen molar-refractivity contribution < 1.29 is 0 Å². The summed E-state index contributed by atoms with van der Waals surface area (Å²) >= 11 is 0. The molecule has 1 aromatic carbocycles. The van der Waals surface area contributed by atoms with Crippen LogP contribution in [0.3, 0.4) is 0 Å². The van der Waals surface area contributed by atoms with E-state index in [0.717, 1.165) is 6.42 Å². The summed E-state index contributed by atoms with van der Waals surface area (Å²) < 4.78 is 0. The summed E-state index contributed by atoms with van der Waals surface area (Å²) in [4.78, 5) is 0. The zero-order chi connectivity index (χ0) is 9.40. The van der Waals surface area contributed by atoms with Crippen LogP contribution in [0.15, 0.2) is 42.5 Å². The molecule has 0 heteroatoms. The van der Waals surface area contributed by atoms with Gasteiger partial charge in [0.05, 0.1) is 0 Å². The predicted molar refractivity (Wildman–Crippen MR) is 56.3 cm³/mol. The molecule has 0 aliphatic heterocycles. The first kappa shape index (κ1) is 11.0. The normalized spacial score (nSPS) is 8.25. The monoisotopic (exact) mass is 162 g/mol. The molecule has 0 amide bonds. The van der Waals surface area contributed by atoms with Crippen molar-refractivity contribution in [2.24, 2.45) is 0 Å². The molecule has 0 nitrogen and oxygen atoms in total. The highest BCUT2D eigenvalue weighted by Crippen LogP contribution is 2.04. The van der Waals surface area contributed by atoms with E-state index >= 15 is 0 Å². The van der Waals surface area contributed by atoms with Crippen molar-refractivity contribution in [1.82, 2.24) is 0 Å². The van der Waals surface area contributed by atoms with E-state index in [1.54, 1.807) is 0 Å². The fourth-order valence-electron chi connectivity index (χ4n) is 0.944. The minimum atomic E-state index is 1.00. The zero-order valence-corrected chi connectivity index (χ0v) is 8.30. The van der Waals surface area contributed by atoms with Crippen LogP contribution in [0.4, 0.5) is 0 Å². The lowest BCUT2D eigenvalue weighted by molar-refractivity contribution is 1.15. The molecule has 0 fully saturated rings. The van der Waals surface area contributed by atoms with Crippen LogP contribution in [0.1, 0.15) is 26.3 Å². The lowest BCUT2D eigenvalue weighted by Gasteiger charge is -1.97. The van der Waals surface area contributed by atoms with Gasteiger partial charge in [-0.05, 0) is 18.9 Å². The van der Waals surface area contributed by atoms with Gasteiger partial charge in [-0.2, -0.15) is 0 Å². The van der Waals surface area contributed by atoms with E-state index in [1.165, 1.54) is 11.1 Å². The zero-order valence-electron chi connectivity index (χ0n) is 8.30. The number of allylic oxidation sites excluding steroid dienone is 1. The van der Waals surface area contributed by atoms with Crippen LogP contribution in [-0.4, -0.2) is 0 Å². The van der Waals surface area contributed by atoms with Gasteiger partial charge in [-0.3, -0.25) is 0 Å². The maximum Gasteiger partial charge on any atom is -0.00726 e.